The van der Waals surface area contributed by atoms with Gasteiger partial charge < -0.3 is 0 Å². The number of rotatable bonds is 12. The van der Waals surface area contributed by atoms with Gasteiger partial charge in [0.2, 0.25) is 0 Å². The maximum absolute atomic E-state index is 12.3. The minimum absolute atomic E-state index is 0.0875. The Labute approximate surface area is 139 Å². The fourth-order valence-corrected chi connectivity index (χ4v) is 4.27. The Bertz CT molecular complexity index is 505. The molecule has 138 valence electrons. The molecular weight excluding hydrogens is 366 g/mol. The van der Waals surface area contributed by atoms with Crippen molar-refractivity contribution in [2.24, 2.45) is 0 Å². The van der Waals surface area contributed by atoms with Crippen LogP contribution in [0.25, 0.3) is 0 Å². The summed E-state index contributed by atoms with van der Waals surface area (Å²) >= 11 is 0. The third-order valence-electron chi connectivity index (χ3n) is 2.53. The molecule has 1 aromatic carbocycles. The molecule has 0 fully saturated rings. The topological polar surface area (TPSA) is 108 Å². The van der Waals surface area contributed by atoms with Crippen LogP contribution < -0.4 is 0 Å². The summed E-state index contributed by atoms with van der Waals surface area (Å²) in [6.07, 6.45) is -0.175. The van der Waals surface area contributed by atoms with Gasteiger partial charge in [0, 0.05) is 0 Å². The quantitative estimate of drug-likeness (QED) is 0.301. The van der Waals surface area contributed by atoms with Crippen LogP contribution in [0.2, 0.25) is 0 Å². The second-order valence-electron chi connectivity index (χ2n) is 4.32. The zero-order chi connectivity index (χ0) is 18.1. The highest BCUT2D eigenvalue weighted by molar-refractivity contribution is 7.53. The van der Waals surface area contributed by atoms with Crippen molar-refractivity contribution in [3.63, 3.8) is 0 Å². The molecule has 0 unspecified atom stereocenters. The lowest BCUT2D eigenvalue weighted by molar-refractivity contribution is -0.242. The Morgan fingerprint density at radius 3 is 1.08 bits per heavy atom. The van der Waals surface area contributed by atoms with Gasteiger partial charge in [0.25, 0.3) is 0 Å². The van der Waals surface area contributed by atoms with Crippen molar-refractivity contribution in [3.05, 3.63) is 35.4 Å². The number of hydrogen-bond donors (Lipinski definition) is 0. The molecule has 1 aromatic rings. The Morgan fingerprint density at radius 1 is 0.625 bits per heavy atom. The average Bonchev–Trinajstić information content (AvgIpc) is 2.50. The van der Waals surface area contributed by atoms with Gasteiger partial charge in [-0.2, -0.15) is 0 Å². The van der Waals surface area contributed by atoms with Crippen LogP contribution in [-0.4, -0.2) is 28.4 Å². The predicted octanol–water partition coefficient (Wildman–Crippen LogP) is 3.38. The first-order valence-corrected chi connectivity index (χ1v) is 10.0. The van der Waals surface area contributed by atoms with Crippen molar-refractivity contribution in [1.29, 1.82) is 0 Å². The molecule has 24 heavy (non-hydrogen) atoms. The molecule has 0 saturated carbocycles. The third-order valence-corrected chi connectivity index (χ3v) is 5.54. The summed E-state index contributed by atoms with van der Waals surface area (Å²) in [6, 6.07) is 6.57. The summed E-state index contributed by atoms with van der Waals surface area (Å²) in [5.74, 6) is 0. The highest BCUT2D eigenvalue weighted by Gasteiger charge is 2.29. The molecule has 0 aliphatic heterocycles. The minimum atomic E-state index is -3.61. The summed E-state index contributed by atoms with van der Waals surface area (Å²) in [7, 11) is -2.39. The van der Waals surface area contributed by atoms with E-state index in [-0.39, 0.29) is 12.3 Å². The fourth-order valence-electron chi connectivity index (χ4n) is 1.78. The van der Waals surface area contributed by atoms with Crippen LogP contribution in [-0.2, 0) is 59.7 Å². The molecule has 0 heterocycles. The summed E-state index contributed by atoms with van der Waals surface area (Å²) in [5.41, 5.74) is 1.23. The second kappa shape index (κ2) is 10.4. The first-order chi connectivity index (χ1) is 11.4. The first-order valence-electron chi connectivity index (χ1n) is 6.56. The Kier molecular flexibility index (Phi) is 9.25. The molecule has 0 spiro atoms. The number of benzene rings is 1. The van der Waals surface area contributed by atoms with Crippen molar-refractivity contribution >= 4 is 15.2 Å². The lowest BCUT2D eigenvalue weighted by atomic mass is 10.2. The summed E-state index contributed by atoms with van der Waals surface area (Å²) in [4.78, 5) is 17.6. The maximum Gasteiger partial charge on any atom is 0.388 e. The van der Waals surface area contributed by atoms with E-state index in [0.29, 0.717) is 11.1 Å². The molecule has 10 nitrogen and oxygen atoms in total. The standard InChI is InChI=1S/C12H20O10P2/c1-15-19-23(13,20-16-2)9-11-5-7-12(8-6-11)10-24(14,21-17-3)22-18-4/h5-8H,9-10H2,1-4H3. The van der Waals surface area contributed by atoms with Gasteiger partial charge in [0.15, 0.2) is 0 Å². The molecule has 0 aliphatic carbocycles. The van der Waals surface area contributed by atoms with Gasteiger partial charge in [-0.3, -0.25) is 9.13 Å². The van der Waals surface area contributed by atoms with Gasteiger partial charge in [-0.05, 0) is 11.1 Å². The summed E-state index contributed by atoms with van der Waals surface area (Å²) in [6.45, 7) is 0. The van der Waals surface area contributed by atoms with Crippen molar-refractivity contribution in [2.75, 3.05) is 28.4 Å². The van der Waals surface area contributed by atoms with Gasteiger partial charge in [-0.1, -0.05) is 24.3 Å². The molecule has 0 aromatic heterocycles. The normalized spacial score (nSPS) is 12.5. The minimum Gasteiger partial charge on any atom is -0.255 e. The highest BCUT2D eigenvalue weighted by atomic mass is 31.2. The Morgan fingerprint density at radius 2 is 0.875 bits per heavy atom. The van der Waals surface area contributed by atoms with Crippen molar-refractivity contribution < 1.29 is 47.4 Å². The highest BCUT2D eigenvalue weighted by Crippen LogP contribution is 2.53. The van der Waals surface area contributed by atoms with E-state index in [1.807, 2.05) is 0 Å². The van der Waals surface area contributed by atoms with E-state index in [0.717, 1.165) is 0 Å². The SMILES string of the molecule is COOP(=O)(Cc1ccc(CP(=O)(OOC)OOC)cc1)OOC. The van der Waals surface area contributed by atoms with E-state index in [1.54, 1.807) is 24.3 Å². The molecule has 0 aliphatic rings. The molecule has 0 radical (unpaired) electrons. The second-order valence-corrected chi connectivity index (χ2v) is 7.99. The van der Waals surface area contributed by atoms with Gasteiger partial charge >= 0.3 is 15.2 Å². The lowest BCUT2D eigenvalue weighted by Crippen LogP contribution is -2.00. The predicted molar refractivity (Wildman–Crippen MR) is 81.4 cm³/mol. The molecule has 0 saturated heterocycles. The monoisotopic (exact) mass is 386 g/mol. The molecule has 0 atom stereocenters. The largest absolute Gasteiger partial charge is 0.388 e. The molecule has 0 N–H and O–H groups in total. The van der Waals surface area contributed by atoms with Crippen LogP contribution in [0.15, 0.2) is 24.3 Å². The van der Waals surface area contributed by atoms with Crippen molar-refractivity contribution in [1.82, 2.24) is 0 Å². The van der Waals surface area contributed by atoms with Crippen molar-refractivity contribution in [3.8, 4) is 0 Å². The van der Waals surface area contributed by atoms with Crippen LogP contribution in [0, 0.1) is 0 Å². The Balaban J connectivity index is 2.81. The molecule has 12 heteroatoms. The van der Waals surface area contributed by atoms with E-state index >= 15 is 0 Å². The summed E-state index contributed by atoms with van der Waals surface area (Å²) < 4.78 is 43.1. The Hall–Kier alpha value is -0.640. The van der Waals surface area contributed by atoms with Crippen LogP contribution in [0.4, 0.5) is 0 Å². The lowest BCUT2D eigenvalue weighted by Gasteiger charge is -2.15. The zero-order valence-electron chi connectivity index (χ0n) is 13.7. The molecule has 1 rings (SSSR count). The molecule has 0 amide bonds. The van der Waals surface area contributed by atoms with E-state index in [9.17, 15) is 9.13 Å². The van der Waals surface area contributed by atoms with Gasteiger partial charge in [0.05, 0.1) is 40.8 Å². The van der Waals surface area contributed by atoms with Gasteiger partial charge in [-0.25, -0.2) is 19.6 Å². The zero-order valence-corrected chi connectivity index (χ0v) is 15.5. The van der Waals surface area contributed by atoms with E-state index in [2.05, 4.69) is 38.2 Å². The fraction of sp³-hybridized carbons (Fsp3) is 0.500. The van der Waals surface area contributed by atoms with E-state index in [4.69, 9.17) is 0 Å². The van der Waals surface area contributed by atoms with Crippen LogP contribution in [0.5, 0.6) is 0 Å². The van der Waals surface area contributed by atoms with Crippen LogP contribution >= 0.6 is 15.2 Å². The molecule has 0 bridgehead atoms. The van der Waals surface area contributed by atoms with E-state index < -0.39 is 15.2 Å². The maximum atomic E-state index is 12.3. The first kappa shape index (κ1) is 21.4. The molecular formula is C12H20O10P2. The van der Waals surface area contributed by atoms with Crippen LogP contribution in [0.3, 0.4) is 0 Å². The smallest absolute Gasteiger partial charge is 0.255 e. The van der Waals surface area contributed by atoms with Crippen molar-refractivity contribution in [2.45, 2.75) is 12.3 Å². The third kappa shape index (κ3) is 7.08. The van der Waals surface area contributed by atoms with Crippen LogP contribution in [0.1, 0.15) is 11.1 Å². The summed E-state index contributed by atoms with van der Waals surface area (Å²) in [5, 5.41) is 0. The van der Waals surface area contributed by atoms with Gasteiger partial charge in [-0.15, -0.1) is 18.7 Å². The van der Waals surface area contributed by atoms with Gasteiger partial charge in [0.1, 0.15) is 0 Å². The number of hydrogen-bond acceptors (Lipinski definition) is 10. The average molecular weight is 386 g/mol. The van der Waals surface area contributed by atoms with E-state index in [1.165, 1.54) is 28.4 Å².